The normalized spacial score (nSPS) is 33.0. The summed E-state index contributed by atoms with van der Waals surface area (Å²) < 4.78 is 39.5. The molecule has 13 heteroatoms. The minimum absolute atomic E-state index is 0. The Bertz CT molecular complexity index is 1190. The Morgan fingerprint density at radius 1 is 0.775 bits per heavy atom. The molecule has 3 heterocycles. The molecule has 12 nitrogen and oxygen atoms in total. The van der Waals surface area contributed by atoms with Crippen LogP contribution in [0.3, 0.4) is 0 Å². The Morgan fingerprint density at radius 2 is 1.27 bits per heavy atom. The van der Waals surface area contributed by atoms with Crippen molar-refractivity contribution in [1.82, 2.24) is 0 Å². The topological polar surface area (TPSA) is 165 Å². The molecule has 40 heavy (non-hydrogen) atoms. The average molecular weight is 587 g/mol. The number of aliphatic hydroxyl groups is 3. The van der Waals surface area contributed by atoms with Gasteiger partial charge < -0.3 is 58.4 Å². The van der Waals surface area contributed by atoms with Crippen molar-refractivity contribution in [3.8, 4) is 23.0 Å². The van der Waals surface area contributed by atoms with Crippen molar-refractivity contribution in [1.29, 1.82) is 0 Å². The predicted octanol–water partition coefficient (Wildman–Crippen LogP) is -3.27. The molecule has 2 aromatic carbocycles. The summed E-state index contributed by atoms with van der Waals surface area (Å²) in [5, 5.41) is 41.8. The zero-order chi connectivity index (χ0) is 27.8. The summed E-state index contributed by atoms with van der Waals surface area (Å²) in [5.41, 5.74) is 1.70. The van der Waals surface area contributed by atoms with E-state index in [4.69, 9.17) is 33.2 Å². The molecule has 3 unspecified atom stereocenters. The summed E-state index contributed by atoms with van der Waals surface area (Å²) in [6.45, 7) is 0.913. The number of carboxylic acids is 1. The number of aliphatic hydroxyl groups excluding tert-OH is 3. The maximum atomic E-state index is 11.4. The largest absolute Gasteiger partial charge is 1.00 e. The molecule has 0 amide bonds. The number of fused-ring (bicyclic) bond motifs is 1. The van der Waals surface area contributed by atoms with Gasteiger partial charge in [0.15, 0.2) is 23.0 Å². The summed E-state index contributed by atoms with van der Waals surface area (Å²) in [4.78, 5) is 11.4. The summed E-state index contributed by atoms with van der Waals surface area (Å²) in [7, 11) is 4.58. The molecule has 5 rings (SSSR count). The maximum absolute atomic E-state index is 11.4. The molecule has 0 saturated carbocycles. The van der Waals surface area contributed by atoms with Crippen LogP contribution in [-0.4, -0.2) is 86.5 Å². The van der Waals surface area contributed by atoms with Crippen LogP contribution in [0, 0.1) is 11.8 Å². The van der Waals surface area contributed by atoms with Crippen molar-refractivity contribution >= 4 is 5.97 Å². The molecule has 0 aromatic heterocycles. The third kappa shape index (κ3) is 5.88. The Balaban J connectivity index is 0.00000370. The Morgan fingerprint density at radius 3 is 1.77 bits per heavy atom. The molecule has 0 bridgehead atoms. The molecular formula is C27H31KO12. The molecule has 3 N–H and O–H groups in total. The molecule has 9 atom stereocenters. The van der Waals surface area contributed by atoms with Crippen LogP contribution >= 0.6 is 0 Å². The van der Waals surface area contributed by atoms with Gasteiger partial charge in [0.25, 0.3) is 0 Å². The summed E-state index contributed by atoms with van der Waals surface area (Å²) >= 11 is 0. The van der Waals surface area contributed by atoms with Crippen LogP contribution in [-0.2, 0) is 19.0 Å². The van der Waals surface area contributed by atoms with Gasteiger partial charge in [-0.3, -0.25) is 0 Å². The van der Waals surface area contributed by atoms with E-state index in [0.29, 0.717) is 24.7 Å². The first-order valence-electron chi connectivity index (χ1n) is 12.5. The number of carboxylic acid groups (broad SMARTS) is 1. The van der Waals surface area contributed by atoms with Crippen molar-refractivity contribution in [2.75, 3.05) is 34.5 Å². The van der Waals surface area contributed by atoms with E-state index in [2.05, 4.69) is 0 Å². The second-order valence-electron chi connectivity index (χ2n) is 9.69. The second kappa shape index (κ2) is 13.2. The zero-order valence-electron chi connectivity index (χ0n) is 22.6. The molecule has 2 aromatic rings. The van der Waals surface area contributed by atoms with E-state index in [9.17, 15) is 25.2 Å². The second-order valence-corrected chi connectivity index (χ2v) is 9.69. The SMILES string of the molecule is COc1ccc([C@H]2OCC3C2CO[C@H]3c2ccc(OC)c(OC3O[C@@H](C(=O)[O-])[C@H](O)[C@@H](O)[C@@H]3O)c2)cc1OC.[K+]. The monoisotopic (exact) mass is 586 g/mol. The fourth-order valence-electron chi connectivity index (χ4n) is 5.49. The first kappa shape index (κ1) is 31.4. The van der Waals surface area contributed by atoms with Crippen molar-refractivity contribution < 1.29 is 110 Å². The van der Waals surface area contributed by atoms with Gasteiger partial charge in [0.05, 0.1) is 52.7 Å². The van der Waals surface area contributed by atoms with E-state index >= 15 is 0 Å². The summed E-state index contributed by atoms with van der Waals surface area (Å²) in [6, 6.07) is 10.8. The smallest absolute Gasteiger partial charge is 0.547 e. The van der Waals surface area contributed by atoms with E-state index in [-0.39, 0.29) is 86.9 Å². The fourth-order valence-corrected chi connectivity index (χ4v) is 5.49. The quantitative estimate of drug-likeness (QED) is 0.265. The Labute approximate surface area is 273 Å². The number of carbonyl (C=O) groups excluding carboxylic acids is 1. The zero-order valence-corrected chi connectivity index (χ0v) is 25.7. The molecule has 3 aliphatic heterocycles. The van der Waals surface area contributed by atoms with Gasteiger partial charge in [-0.15, -0.1) is 0 Å². The van der Waals surface area contributed by atoms with E-state index in [1.54, 1.807) is 26.4 Å². The standard InChI is InChI=1S/C27H32O12.K/c1-33-16-6-4-12(8-18(16)35-3)23-14-10-37-24(15(14)11-36-23)13-5-7-17(34-2)19(9-13)38-27-22(30)20(28)21(29)25(39-27)26(31)32;/h4-9,14-15,20-25,27-30H,10-11H2,1-3H3,(H,31,32);/q;+1/p-1/t14?,15?,20-,21-,22+,23-,24+,25-,27?;/m1./s1. The van der Waals surface area contributed by atoms with Gasteiger partial charge in [-0.25, -0.2) is 0 Å². The number of hydrogen-bond donors (Lipinski definition) is 3. The van der Waals surface area contributed by atoms with Crippen LogP contribution < -0.4 is 75.4 Å². The molecule has 3 aliphatic rings. The number of ether oxygens (including phenoxy) is 7. The van der Waals surface area contributed by atoms with Crippen LogP contribution in [0.5, 0.6) is 23.0 Å². The van der Waals surface area contributed by atoms with E-state index in [0.717, 1.165) is 11.1 Å². The molecular weight excluding hydrogens is 555 g/mol. The van der Waals surface area contributed by atoms with Crippen LogP contribution in [0.15, 0.2) is 36.4 Å². The van der Waals surface area contributed by atoms with Gasteiger partial charge in [-0.2, -0.15) is 0 Å². The minimum atomic E-state index is -1.90. The average Bonchev–Trinajstić information content (AvgIpc) is 3.55. The molecule has 3 saturated heterocycles. The van der Waals surface area contributed by atoms with Gasteiger partial charge in [0.2, 0.25) is 6.29 Å². The van der Waals surface area contributed by atoms with Gasteiger partial charge >= 0.3 is 51.4 Å². The van der Waals surface area contributed by atoms with Crippen molar-refractivity contribution in [3.05, 3.63) is 47.5 Å². The molecule has 3 fully saturated rings. The Hall–Kier alpha value is -1.49. The van der Waals surface area contributed by atoms with Crippen molar-refractivity contribution in [2.45, 2.75) is 42.9 Å². The van der Waals surface area contributed by atoms with E-state index < -0.39 is 36.7 Å². The number of hydrogen-bond acceptors (Lipinski definition) is 12. The Kier molecular flexibility index (Phi) is 10.4. The minimum Gasteiger partial charge on any atom is -0.547 e. The first-order chi connectivity index (χ1) is 18.8. The first-order valence-corrected chi connectivity index (χ1v) is 12.5. The third-order valence-electron chi connectivity index (χ3n) is 7.56. The molecule has 0 radical (unpaired) electrons. The number of methoxy groups -OCH3 is 3. The van der Waals surface area contributed by atoms with Gasteiger partial charge in [-0.05, 0) is 35.4 Å². The van der Waals surface area contributed by atoms with Crippen LogP contribution in [0.1, 0.15) is 23.3 Å². The van der Waals surface area contributed by atoms with Crippen LogP contribution in [0.2, 0.25) is 0 Å². The maximum Gasteiger partial charge on any atom is 1.00 e. The fraction of sp³-hybridized carbons (Fsp3) is 0.519. The number of aliphatic carboxylic acids is 1. The van der Waals surface area contributed by atoms with Gasteiger partial charge in [-0.1, -0.05) is 12.1 Å². The number of carbonyl (C=O) groups is 1. The predicted molar refractivity (Wildman–Crippen MR) is 129 cm³/mol. The van der Waals surface area contributed by atoms with E-state index in [1.165, 1.54) is 7.11 Å². The van der Waals surface area contributed by atoms with Gasteiger partial charge in [0, 0.05) is 11.8 Å². The summed E-state index contributed by atoms with van der Waals surface area (Å²) in [6.07, 6.45) is -9.50. The van der Waals surface area contributed by atoms with Crippen LogP contribution in [0.25, 0.3) is 0 Å². The van der Waals surface area contributed by atoms with E-state index in [1.807, 2.05) is 24.3 Å². The van der Waals surface area contributed by atoms with Crippen LogP contribution in [0.4, 0.5) is 0 Å². The number of rotatable bonds is 8. The van der Waals surface area contributed by atoms with Crippen molar-refractivity contribution in [3.63, 3.8) is 0 Å². The van der Waals surface area contributed by atoms with Crippen molar-refractivity contribution in [2.24, 2.45) is 11.8 Å². The van der Waals surface area contributed by atoms with Gasteiger partial charge in [0.1, 0.15) is 24.4 Å². The molecule has 212 valence electrons. The molecule has 0 aliphatic carbocycles. The third-order valence-corrected chi connectivity index (χ3v) is 7.56. The summed E-state index contributed by atoms with van der Waals surface area (Å²) in [5.74, 6) is -0.00717. The number of benzene rings is 2. The molecule has 0 spiro atoms.